The van der Waals surface area contributed by atoms with E-state index in [1.54, 1.807) is 42.5 Å². The number of phenols is 1. The summed E-state index contributed by atoms with van der Waals surface area (Å²) in [6, 6.07) is 11.7. The van der Waals surface area contributed by atoms with Crippen LogP contribution < -0.4 is 4.74 Å². The van der Waals surface area contributed by atoms with Crippen molar-refractivity contribution in [2.45, 2.75) is 0 Å². The topological polar surface area (TPSA) is 85.5 Å². The molecule has 2 aromatic carbocycles. The van der Waals surface area contributed by atoms with Crippen molar-refractivity contribution < 1.29 is 14.8 Å². The summed E-state index contributed by atoms with van der Waals surface area (Å²) in [5.41, 5.74) is 2.06. The molecule has 0 atom stereocenters. The smallest absolute Gasteiger partial charge is 0.278 e. The summed E-state index contributed by atoms with van der Waals surface area (Å²) >= 11 is 3.27. The van der Waals surface area contributed by atoms with Crippen LogP contribution in [0.4, 0.5) is 5.69 Å². The minimum atomic E-state index is -0.417. The van der Waals surface area contributed by atoms with Gasteiger partial charge >= 0.3 is 0 Å². The maximum absolute atomic E-state index is 11.1. The van der Waals surface area contributed by atoms with Crippen LogP contribution in [0.15, 0.2) is 46.9 Å². The van der Waals surface area contributed by atoms with Crippen LogP contribution >= 0.6 is 15.9 Å². The van der Waals surface area contributed by atoms with Crippen molar-refractivity contribution in [1.82, 2.24) is 4.98 Å². The summed E-state index contributed by atoms with van der Waals surface area (Å²) in [5.74, 6) is 0.395. The van der Waals surface area contributed by atoms with Crippen molar-refractivity contribution >= 4 is 44.7 Å². The van der Waals surface area contributed by atoms with Crippen molar-refractivity contribution in [1.29, 1.82) is 0 Å². The van der Waals surface area contributed by atoms with Crippen LogP contribution in [0.5, 0.6) is 11.5 Å². The van der Waals surface area contributed by atoms with Crippen LogP contribution in [0.25, 0.3) is 23.1 Å². The molecule has 6 nitrogen and oxygen atoms in total. The number of non-ortho nitro benzene ring substituents is 1. The fraction of sp³-hybridized carbons (Fsp3) is 0.0556. The number of fused-ring (bicyclic) bond motifs is 1. The first-order valence-electron chi connectivity index (χ1n) is 7.28. The number of aromatic nitrogens is 1. The Morgan fingerprint density at radius 1 is 1.24 bits per heavy atom. The van der Waals surface area contributed by atoms with Gasteiger partial charge in [-0.15, -0.1) is 0 Å². The largest absolute Gasteiger partial charge is 0.503 e. The molecule has 0 aliphatic carbocycles. The summed E-state index contributed by atoms with van der Waals surface area (Å²) in [6.07, 6.45) is 3.61. The van der Waals surface area contributed by atoms with E-state index in [-0.39, 0.29) is 11.4 Å². The molecule has 0 aliphatic rings. The van der Waals surface area contributed by atoms with E-state index in [1.165, 1.54) is 13.2 Å². The number of aromatic hydroxyl groups is 1. The molecule has 0 saturated carbocycles. The highest BCUT2D eigenvalue weighted by Gasteiger charge is 2.11. The maximum atomic E-state index is 11.1. The zero-order chi connectivity index (χ0) is 18.0. The van der Waals surface area contributed by atoms with Crippen molar-refractivity contribution in [3.8, 4) is 11.5 Å². The summed E-state index contributed by atoms with van der Waals surface area (Å²) in [5, 5.41) is 21.4. The zero-order valence-electron chi connectivity index (χ0n) is 13.1. The molecule has 3 rings (SSSR count). The lowest BCUT2D eigenvalue weighted by Crippen LogP contribution is -1.91. The molecule has 1 heterocycles. The fourth-order valence-corrected chi connectivity index (χ4v) is 2.89. The molecule has 0 radical (unpaired) electrons. The Balaban J connectivity index is 1.97. The quantitative estimate of drug-likeness (QED) is 0.502. The molecule has 0 spiro atoms. The average Bonchev–Trinajstić information content (AvgIpc) is 2.61. The summed E-state index contributed by atoms with van der Waals surface area (Å²) < 4.78 is 5.64. The van der Waals surface area contributed by atoms with Crippen molar-refractivity contribution in [3.63, 3.8) is 0 Å². The van der Waals surface area contributed by atoms with E-state index in [1.807, 2.05) is 6.08 Å². The Hall–Kier alpha value is -2.93. The second-order valence-electron chi connectivity index (χ2n) is 5.22. The predicted molar refractivity (Wildman–Crippen MR) is 99.7 cm³/mol. The molecule has 126 valence electrons. The molecule has 0 unspecified atom stereocenters. The number of phenolic OH excluding ortho intramolecular Hbond substituents is 1. The third-order valence-electron chi connectivity index (χ3n) is 3.64. The summed E-state index contributed by atoms with van der Waals surface area (Å²) in [4.78, 5) is 15.1. The first kappa shape index (κ1) is 16.9. The number of nitrogens with zero attached hydrogens (tertiary/aromatic N) is 2. The van der Waals surface area contributed by atoms with E-state index in [0.29, 0.717) is 26.8 Å². The van der Waals surface area contributed by atoms with Crippen molar-refractivity contribution in [2.24, 2.45) is 0 Å². The monoisotopic (exact) mass is 400 g/mol. The van der Waals surface area contributed by atoms with Gasteiger partial charge in [0.25, 0.3) is 5.69 Å². The van der Waals surface area contributed by atoms with E-state index in [9.17, 15) is 15.2 Å². The zero-order valence-corrected chi connectivity index (χ0v) is 14.7. The van der Waals surface area contributed by atoms with Gasteiger partial charge in [-0.25, -0.2) is 4.98 Å². The molecule has 25 heavy (non-hydrogen) atoms. The molecular weight excluding hydrogens is 388 g/mol. The van der Waals surface area contributed by atoms with Crippen LogP contribution in [0.2, 0.25) is 0 Å². The number of rotatable bonds is 4. The molecule has 1 aromatic heterocycles. The number of pyridine rings is 1. The van der Waals surface area contributed by atoms with E-state index in [0.717, 1.165) is 5.56 Å². The highest BCUT2D eigenvalue weighted by molar-refractivity contribution is 9.10. The molecule has 0 aliphatic heterocycles. The summed E-state index contributed by atoms with van der Waals surface area (Å²) in [7, 11) is 1.48. The van der Waals surface area contributed by atoms with Gasteiger partial charge in [0.15, 0.2) is 11.5 Å². The molecule has 7 heteroatoms. The first-order chi connectivity index (χ1) is 12.0. The van der Waals surface area contributed by atoms with E-state index >= 15 is 0 Å². The summed E-state index contributed by atoms with van der Waals surface area (Å²) in [6.45, 7) is 0. The molecule has 0 bridgehead atoms. The Morgan fingerprint density at radius 2 is 2.04 bits per heavy atom. The number of halogens is 1. The Bertz CT molecular complexity index is 1000. The minimum Gasteiger partial charge on any atom is -0.503 e. The van der Waals surface area contributed by atoms with Crippen LogP contribution in [-0.2, 0) is 0 Å². The Labute approximate surface area is 151 Å². The van der Waals surface area contributed by atoms with Gasteiger partial charge < -0.3 is 9.84 Å². The standard InChI is InChI=1S/C18H13BrN2O4/c1-25-17-10-11(9-14(19)18(17)22)5-6-12-7-8-13-15(20-12)3-2-4-16(13)21(23)24/h2-10,22H,1H3. The number of hydrogen-bond acceptors (Lipinski definition) is 5. The highest BCUT2D eigenvalue weighted by Crippen LogP contribution is 2.35. The van der Waals surface area contributed by atoms with Crippen molar-refractivity contribution in [3.05, 3.63) is 68.3 Å². The lowest BCUT2D eigenvalue weighted by atomic mass is 10.1. The Kier molecular flexibility index (Phi) is 4.67. The van der Waals surface area contributed by atoms with Crippen LogP contribution in [-0.4, -0.2) is 22.1 Å². The highest BCUT2D eigenvalue weighted by atomic mass is 79.9. The molecular formula is C18H13BrN2O4. The average molecular weight is 401 g/mol. The van der Waals surface area contributed by atoms with Gasteiger partial charge in [0.05, 0.1) is 33.1 Å². The number of methoxy groups -OCH3 is 1. The first-order valence-corrected chi connectivity index (χ1v) is 8.07. The van der Waals surface area contributed by atoms with E-state index in [4.69, 9.17) is 4.74 Å². The van der Waals surface area contributed by atoms with Gasteiger partial charge in [0.2, 0.25) is 0 Å². The number of hydrogen-bond donors (Lipinski definition) is 1. The molecule has 1 N–H and O–H groups in total. The normalized spacial score (nSPS) is 11.1. The van der Waals surface area contributed by atoms with Crippen LogP contribution in [0.3, 0.4) is 0 Å². The maximum Gasteiger partial charge on any atom is 0.278 e. The molecule has 0 amide bonds. The molecule has 3 aromatic rings. The van der Waals surface area contributed by atoms with Crippen LogP contribution in [0, 0.1) is 10.1 Å². The predicted octanol–water partition coefficient (Wildman–Crippen LogP) is 4.79. The van der Waals surface area contributed by atoms with E-state index < -0.39 is 4.92 Å². The molecule has 0 fully saturated rings. The van der Waals surface area contributed by atoms with Gasteiger partial charge in [-0.1, -0.05) is 12.1 Å². The van der Waals surface area contributed by atoms with Gasteiger partial charge in [-0.2, -0.15) is 0 Å². The third-order valence-corrected chi connectivity index (χ3v) is 4.25. The minimum absolute atomic E-state index is 0.0349. The number of ether oxygens (including phenoxy) is 1. The number of benzene rings is 2. The van der Waals surface area contributed by atoms with Crippen LogP contribution in [0.1, 0.15) is 11.3 Å². The van der Waals surface area contributed by atoms with E-state index in [2.05, 4.69) is 20.9 Å². The number of nitro groups is 1. The van der Waals surface area contributed by atoms with Crippen molar-refractivity contribution in [2.75, 3.05) is 7.11 Å². The number of nitro benzene ring substituents is 1. The third kappa shape index (κ3) is 3.46. The lowest BCUT2D eigenvalue weighted by Gasteiger charge is -2.06. The Morgan fingerprint density at radius 3 is 2.76 bits per heavy atom. The van der Waals surface area contributed by atoms with Gasteiger partial charge in [0.1, 0.15) is 0 Å². The second-order valence-corrected chi connectivity index (χ2v) is 6.08. The lowest BCUT2D eigenvalue weighted by molar-refractivity contribution is -0.383. The SMILES string of the molecule is COc1cc(C=Cc2ccc3c([N+](=O)[O-])cccc3n2)cc(Br)c1O. The van der Waals surface area contributed by atoms with Gasteiger partial charge in [-0.3, -0.25) is 10.1 Å². The van der Waals surface area contributed by atoms with Gasteiger partial charge in [-0.05, 0) is 57.9 Å². The second kappa shape index (κ2) is 6.90. The fourth-order valence-electron chi connectivity index (χ4n) is 2.43. The molecule has 0 saturated heterocycles. The van der Waals surface area contributed by atoms with Gasteiger partial charge in [0, 0.05) is 6.07 Å².